The third-order valence-corrected chi connectivity index (χ3v) is 6.30. The summed E-state index contributed by atoms with van der Waals surface area (Å²) >= 11 is 0. The molecule has 34 heavy (non-hydrogen) atoms. The van der Waals surface area contributed by atoms with E-state index in [1.165, 1.54) is 37.4 Å². The van der Waals surface area contributed by atoms with Gasteiger partial charge >= 0.3 is 0 Å². The van der Waals surface area contributed by atoms with Crippen LogP contribution in [-0.4, -0.2) is 52.1 Å². The van der Waals surface area contributed by atoms with Crippen LogP contribution in [0.5, 0.6) is 5.75 Å². The normalized spacial score (nSPS) is 19.5. The fourth-order valence-corrected chi connectivity index (χ4v) is 4.52. The largest absolute Gasteiger partial charge is 0.497 e. The van der Waals surface area contributed by atoms with Crippen LogP contribution < -0.4 is 4.74 Å². The number of hydrogen-bond donors (Lipinski definition) is 0. The number of carbonyl (C=O) groups is 4. The third kappa shape index (κ3) is 4.26. The van der Waals surface area contributed by atoms with E-state index in [2.05, 4.69) is 0 Å². The molecular formula is C24H23N3O7. The third-order valence-electron chi connectivity index (χ3n) is 6.30. The van der Waals surface area contributed by atoms with Crippen molar-refractivity contribution in [3.63, 3.8) is 0 Å². The molecule has 0 spiro atoms. The first-order valence-corrected chi connectivity index (χ1v) is 10.9. The van der Waals surface area contributed by atoms with Crippen LogP contribution in [0.2, 0.25) is 0 Å². The van der Waals surface area contributed by atoms with Gasteiger partial charge in [0.15, 0.2) is 5.78 Å². The van der Waals surface area contributed by atoms with E-state index in [-0.39, 0.29) is 16.8 Å². The number of hydrazine groups is 1. The molecule has 2 atom stereocenters. The van der Waals surface area contributed by atoms with Crippen LogP contribution in [-0.2, 0) is 9.59 Å². The molecule has 3 amide bonds. The quantitative estimate of drug-likeness (QED) is 0.266. The average molecular weight is 465 g/mol. The van der Waals surface area contributed by atoms with Gasteiger partial charge in [-0.25, -0.2) is 5.01 Å². The number of imide groups is 1. The standard InChI is InChI=1S/C24H23N3O7/c1-34-18-11-9-15(10-12-18)21(28)14-25(22(29)16-5-4-6-17(13-16)27(32)33)26-23(30)19-7-2-3-8-20(19)24(26)31/h4-6,9-13,19-20H,2-3,7-8,14H2,1H3/t19-,20-/m0/s1. The molecular weight excluding hydrogens is 442 g/mol. The van der Waals surface area contributed by atoms with Crippen LogP contribution >= 0.6 is 0 Å². The van der Waals surface area contributed by atoms with Gasteiger partial charge in [-0.1, -0.05) is 18.9 Å². The van der Waals surface area contributed by atoms with Gasteiger partial charge in [-0.05, 0) is 43.2 Å². The van der Waals surface area contributed by atoms with E-state index in [1.807, 2.05) is 0 Å². The highest BCUT2D eigenvalue weighted by atomic mass is 16.6. The predicted molar refractivity (Wildman–Crippen MR) is 119 cm³/mol. The highest BCUT2D eigenvalue weighted by Gasteiger charge is 2.51. The molecule has 1 heterocycles. The van der Waals surface area contributed by atoms with Gasteiger partial charge < -0.3 is 4.74 Å². The number of Topliss-reactive ketones (excluding diaryl/α,β-unsaturated/α-hetero) is 1. The van der Waals surface area contributed by atoms with Gasteiger partial charge in [0.05, 0.1) is 23.9 Å². The van der Waals surface area contributed by atoms with Crippen molar-refractivity contribution in [2.45, 2.75) is 25.7 Å². The van der Waals surface area contributed by atoms with Crippen molar-refractivity contribution in [1.82, 2.24) is 10.0 Å². The smallest absolute Gasteiger partial charge is 0.273 e. The van der Waals surface area contributed by atoms with Crippen LogP contribution in [0.15, 0.2) is 48.5 Å². The number of ketones is 1. The number of amides is 3. The molecule has 176 valence electrons. The summed E-state index contributed by atoms with van der Waals surface area (Å²) in [6.45, 7) is -0.579. The van der Waals surface area contributed by atoms with Crippen LogP contribution in [0.3, 0.4) is 0 Å². The summed E-state index contributed by atoms with van der Waals surface area (Å²) in [4.78, 5) is 63.4. The minimum absolute atomic E-state index is 0.104. The fourth-order valence-electron chi connectivity index (χ4n) is 4.52. The Kier molecular flexibility index (Phi) is 6.40. The van der Waals surface area contributed by atoms with Crippen molar-refractivity contribution in [3.05, 3.63) is 69.8 Å². The summed E-state index contributed by atoms with van der Waals surface area (Å²) in [5, 5.41) is 12.8. The molecule has 0 radical (unpaired) electrons. The van der Waals surface area contributed by atoms with Crippen molar-refractivity contribution in [1.29, 1.82) is 0 Å². The van der Waals surface area contributed by atoms with Crippen molar-refractivity contribution >= 4 is 29.2 Å². The van der Waals surface area contributed by atoms with E-state index in [1.54, 1.807) is 12.1 Å². The Hall–Kier alpha value is -4.08. The Morgan fingerprint density at radius 1 is 1.03 bits per heavy atom. The second-order valence-corrected chi connectivity index (χ2v) is 8.31. The molecule has 1 saturated carbocycles. The minimum Gasteiger partial charge on any atom is -0.497 e. The average Bonchev–Trinajstić information content (AvgIpc) is 3.12. The lowest BCUT2D eigenvalue weighted by molar-refractivity contribution is -0.384. The second-order valence-electron chi connectivity index (χ2n) is 8.31. The van der Waals surface area contributed by atoms with E-state index in [4.69, 9.17) is 4.74 Å². The number of non-ortho nitro benzene ring substituents is 1. The number of fused-ring (bicyclic) bond motifs is 1. The number of nitrogens with zero attached hydrogens (tertiary/aromatic N) is 3. The predicted octanol–water partition coefficient (Wildman–Crippen LogP) is 3.02. The first kappa shape index (κ1) is 23.1. The molecule has 1 aliphatic heterocycles. The molecule has 0 bridgehead atoms. The van der Waals surface area contributed by atoms with Gasteiger partial charge in [0.25, 0.3) is 23.4 Å². The zero-order valence-electron chi connectivity index (χ0n) is 18.5. The van der Waals surface area contributed by atoms with Crippen molar-refractivity contribution in [2.75, 3.05) is 13.7 Å². The molecule has 0 N–H and O–H groups in total. The molecule has 10 heteroatoms. The van der Waals surface area contributed by atoms with Crippen molar-refractivity contribution < 1.29 is 28.8 Å². The molecule has 1 aliphatic carbocycles. The summed E-state index contributed by atoms with van der Waals surface area (Å²) in [6, 6.07) is 11.2. The molecule has 4 rings (SSSR count). The first-order chi connectivity index (χ1) is 16.3. The van der Waals surface area contributed by atoms with Crippen LogP contribution in [0, 0.1) is 22.0 Å². The zero-order valence-corrected chi connectivity index (χ0v) is 18.5. The first-order valence-electron chi connectivity index (χ1n) is 10.9. The van der Waals surface area contributed by atoms with Crippen LogP contribution in [0.4, 0.5) is 5.69 Å². The number of methoxy groups -OCH3 is 1. The molecule has 1 saturated heterocycles. The topological polar surface area (TPSA) is 127 Å². The molecule has 0 unspecified atom stereocenters. The Morgan fingerprint density at radius 2 is 1.65 bits per heavy atom. The number of nitro groups is 1. The Labute approximate surface area is 195 Å². The maximum atomic E-state index is 13.5. The lowest BCUT2D eigenvalue weighted by atomic mass is 9.81. The summed E-state index contributed by atoms with van der Waals surface area (Å²) in [7, 11) is 1.49. The second kappa shape index (κ2) is 9.42. The van der Waals surface area contributed by atoms with Crippen molar-refractivity contribution in [2.24, 2.45) is 11.8 Å². The fraction of sp³-hybridized carbons (Fsp3) is 0.333. The Morgan fingerprint density at radius 3 is 2.21 bits per heavy atom. The summed E-state index contributed by atoms with van der Waals surface area (Å²) in [5.41, 5.74) is -0.165. The summed E-state index contributed by atoms with van der Waals surface area (Å²) < 4.78 is 5.09. The Bertz CT molecular complexity index is 1140. The van der Waals surface area contributed by atoms with Gasteiger partial charge in [0, 0.05) is 23.3 Å². The molecule has 10 nitrogen and oxygen atoms in total. The molecule has 2 aliphatic rings. The highest BCUT2D eigenvalue weighted by molar-refractivity contribution is 6.09. The SMILES string of the molecule is COc1ccc(C(=O)CN(C(=O)c2cccc([N+](=O)[O-])c2)N2C(=O)[C@H]3CCCC[C@@H]3C2=O)cc1. The Balaban J connectivity index is 1.70. The van der Waals surface area contributed by atoms with Gasteiger partial charge in [0.1, 0.15) is 12.3 Å². The monoisotopic (exact) mass is 465 g/mol. The van der Waals surface area contributed by atoms with Gasteiger partial charge in [-0.15, -0.1) is 0 Å². The number of carbonyl (C=O) groups excluding carboxylic acids is 4. The molecule has 2 aromatic rings. The van der Waals surface area contributed by atoms with Crippen molar-refractivity contribution in [3.8, 4) is 5.75 Å². The molecule has 2 aromatic carbocycles. The molecule has 2 fully saturated rings. The minimum atomic E-state index is -0.842. The molecule has 0 aromatic heterocycles. The highest BCUT2D eigenvalue weighted by Crippen LogP contribution is 2.39. The van der Waals surface area contributed by atoms with Gasteiger partial charge in [-0.3, -0.25) is 29.3 Å². The van der Waals surface area contributed by atoms with E-state index in [9.17, 15) is 29.3 Å². The van der Waals surface area contributed by atoms with E-state index in [0.717, 1.165) is 28.9 Å². The van der Waals surface area contributed by atoms with E-state index in [0.29, 0.717) is 18.6 Å². The van der Waals surface area contributed by atoms with Gasteiger partial charge in [-0.2, -0.15) is 5.01 Å². The number of rotatable bonds is 7. The lowest BCUT2D eigenvalue weighted by Crippen LogP contribution is -2.52. The zero-order chi connectivity index (χ0) is 24.4. The summed E-state index contributed by atoms with van der Waals surface area (Å²) in [5.74, 6) is -2.90. The lowest BCUT2D eigenvalue weighted by Gasteiger charge is -2.30. The number of ether oxygens (including phenoxy) is 1. The van der Waals surface area contributed by atoms with Crippen LogP contribution in [0.1, 0.15) is 46.4 Å². The van der Waals surface area contributed by atoms with E-state index >= 15 is 0 Å². The summed E-state index contributed by atoms with van der Waals surface area (Å²) in [6.07, 6.45) is 2.68. The maximum absolute atomic E-state index is 13.5. The van der Waals surface area contributed by atoms with Crippen LogP contribution in [0.25, 0.3) is 0 Å². The van der Waals surface area contributed by atoms with Gasteiger partial charge in [0.2, 0.25) is 0 Å². The maximum Gasteiger partial charge on any atom is 0.273 e. The number of benzene rings is 2. The number of nitro benzene ring substituents is 1. The number of hydrogen-bond acceptors (Lipinski definition) is 7. The van der Waals surface area contributed by atoms with E-state index < -0.39 is 46.8 Å².